The van der Waals surface area contributed by atoms with Crippen LogP contribution in [0, 0.1) is 0 Å². The molecule has 1 atom stereocenters. The highest BCUT2D eigenvalue weighted by atomic mass is 35.5. The Balaban J connectivity index is 1.58. The number of carbonyl (C=O) groups is 3. The molecule has 11 heteroatoms. The van der Waals surface area contributed by atoms with Crippen molar-refractivity contribution in [3.63, 3.8) is 0 Å². The van der Waals surface area contributed by atoms with E-state index < -0.39 is 23.8 Å². The number of ether oxygens (including phenoxy) is 1. The average Bonchev–Trinajstić information content (AvgIpc) is 3.09. The molecule has 2 heterocycles. The van der Waals surface area contributed by atoms with Crippen LogP contribution in [0.1, 0.15) is 23.7 Å². The molecule has 3 aromatic rings. The van der Waals surface area contributed by atoms with E-state index in [9.17, 15) is 14.4 Å². The number of pyridine rings is 1. The Hall–Kier alpha value is -4.02. The molecule has 9 nitrogen and oxygen atoms in total. The van der Waals surface area contributed by atoms with Crippen LogP contribution in [0.25, 0.3) is 0 Å². The fourth-order valence-corrected chi connectivity index (χ4v) is 4.12. The van der Waals surface area contributed by atoms with E-state index >= 15 is 0 Å². The van der Waals surface area contributed by atoms with Crippen LogP contribution < -0.4 is 20.4 Å². The minimum atomic E-state index is -1.07. The second-order valence-electron chi connectivity index (χ2n) is 7.71. The summed E-state index contributed by atoms with van der Waals surface area (Å²) in [6.45, 7) is 2.35. The minimum Gasteiger partial charge on any atom is -0.494 e. The van der Waals surface area contributed by atoms with Gasteiger partial charge in [-0.3, -0.25) is 29.7 Å². The van der Waals surface area contributed by atoms with E-state index in [0.29, 0.717) is 34.3 Å². The summed E-state index contributed by atoms with van der Waals surface area (Å²) in [6, 6.07) is 15.4. The molecule has 1 aromatic heterocycles. The zero-order chi connectivity index (χ0) is 25.7. The van der Waals surface area contributed by atoms with Gasteiger partial charge in [0.2, 0.25) is 11.0 Å². The van der Waals surface area contributed by atoms with Crippen molar-refractivity contribution in [1.82, 2.24) is 15.4 Å². The largest absolute Gasteiger partial charge is 0.494 e. The quantitative estimate of drug-likeness (QED) is 0.433. The van der Waals surface area contributed by atoms with Crippen molar-refractivity contribution in [3.05, 3.63) is 83.6 Å². The summed E-state index contributed by atoms with van der Waals surface area (Å²) in [5, 5.41) is 4.53. The lowest BCUT2D eigenvalue weighted by Crippen LogP contribution is -2.49. The zero-order valence-corrected chi connectivity index (χ0v) is 20.8. The van der Waals surface area contributed by atoms with Gasteiger partial charge in [0.25, 0.3) is 11.8 Å². The molecule has 0 saturated carbocycles. The van der Waals surface area contributed by atoms with E-state index in [-0.39, 0.29) is 11.5 Å². The number of anilines is 2. The van der Waals surface area contributed by atoms with E-state index in [1.54, 1.807) is 48.5 Å². The highest BCUT2D eigenvalue weighted by Gasteiger charge is 2.45. The Morgan fingerprint density at radius 3 is 2.53 bits per heavy atom. The van der Waals surface area contributed by atoms with Crippen molar-refractivity contribution < 1.29 is 19.1 Å². The van der Waals surface area contributed by atoms with Crippen LogP contribution >= 0.6 is 23.8 Å². The van der Waals surface area contributed by atoms with Gasteiger partial charge in [-0.25, -0.2) is 5.01 Å². The average molecular weight is 524 g/mol. The number of benzene rings is 2. The van der Waals surface area contributed by atoms with Crippen molar-refractivity contribution in [1.29, 1.82) is 0 Å². The molecular formula is C25H22ClN5O4S. The Kier molecular flexibility index (Phi) is 7.77. The van der Waals surface area contributed by atoms with Crippen LogP contribution in [-0.4, -0.2) is 45.5 Å². The van der Waals surface area contributed by atoms with Crippen LogP contribution in [0.2, 0.25) is 5.02 Å². The Morgan fingerprint density at radius 1 is 1.11 bits per heavy atom. The van der Waals surface area contributed by atoms with Crippen LogP contribution in [0.15, 0.2) is 73.1 Å². The van der Waals surface area contributed by atoms with Crippen LogP contribution in [0.3, 0.4) is 0 Å². The number of halogens is 1. The van der Waals surface area contributed by atoms with E-state index in [1.165, 1.54) is 34.4 Å². The van der Waals surface area contributed by atoms with Crippen molar-refractivity contribution in [2.75, 3.05) is 16.8 Å². The van der Waals surface area contributed by atoms with Gasteiger partial charge in [0.05, 0.1) is 18.7 Å². The molecule has 0 aliphatic carbocycles. The number of thiocarbonyl (C=S) groups is 1. The first-order chi connectivity index (χ1) is 17.4. The Morgan fingerprint density at radius 2 is 1.83 bits per heavy atom. The van der Waals surface area contributed by atoms with Gasteiger partial charge >= 0.3 is 0 Å². The fraction of sp³-hybridized carbons (Fsp3) is 0.160. The first-order valence-corrected chi connectivity index (χ1v) is 11.8. The third-order valence-electron chi connectivity index (χ3n) is 5.27. The highest BCUT2D eigenvalue weighted by molar-refractivity contribution is 7.80. The maximum Gasteiger partial charge on any atom is 0.269 e. The van der Waals surface area contributed by atoms with Crippen LogP contribution in [-0.2, 0) is 9.59 Å². The van der Waals surface area contributed by atoms with E-state index in [2.05, 4.69) is 15.7 Å². The normalized spacial score (nSPS) is 15.1. The zero-order valence-electron chi connectivity index (χ0n) is 19.2. The standard InChI is InChI=1S/C25H22ClN5O4S/c1-2-35-20-5-3-4-18(14-20)28-22(32)15-21-24(34)30(19-8-6-17(26)7-9-19)25(36)31(21)29-23(33)16-10-12-27-13-11-16/h3-14,21H,2,15H2,1H3,(H,28,32)(H,29,33)/t21-/m0/s1. The molecule has 3 amide bonds. The van der Waals surface area contributed by atoms with Gasteiger partial charge in [-0.2, -0.15) is 0 Å². The predicted molar refractivity (Wildman–Crippen MR) is 140 cm³/mol. The lowest BCUT2D eigenvalue weighted by Gasteiger charge is -2.24. The maximum absolute atomic E-state index is 13.5. The lowest BCUT2D eigenvalue weighted by molar-refractivity contribution is -0.124. The highest BCUT2D eigenvalue weighted by Crippen LogP contribution is 2.28. The van der Waals surface area contributed by atoms with Gasteiger partial charge in [0, 0.05) is 34.7 Å². The molecule has 2 aromatic carbocycles. The van der Waals surface area contributed by atoms with E-state index in [4.69, 9.17) is 28.6 Å². The summed E-state index contributed by atoms with van der Waals surface area (Å²) in [5.74, 6) is -0.796. The monoisotopic (exact) mass is 523 g/mol. The summed E-state index contributed by atoms with van der Waals surface area (Å²) in [5.41, 5.74) is 3.97. The summed E-state index contributed by atoms with van der Waals surface area (Å²) in [4.78, 5) is 44.4. The van der Waals surface area contributed by atoms with Crippen molar-refractivity contribution in [2.45, 2.75) is 19.4 Å². The fourth-order valence-electron chi connectivity index (χ4n) is 3.62. The molecule has 2 N–H and O–H groups in total. The van der Waals surface area contributed by atoms with Gasteiger partial charge in [-0.05, 0) is 67.7 Å². The first kappa shape index (κ1) is 25.1. The Bertz CT molecular complexity index is 1290. The molecule has 0 spiro atoms. The predicted octanol–water partition coefficient (Wildman–Crippen LogP) is 3.81. The molecule has 1 fully saturated rings. The Labute approximate surface area is 218 Å². The van der Waals surface area contributed by atoms with E-state index in [1.807, 2.05) is 6.92 Å². The van der Waals surface area contributed by atoms with Gasteiger partial charge in [-0.1, -0.05) is 17.7 Å². The maximum atomic E-state index is 13.5. The molecule has 184 valence electrons. The molecule has 4 rings (SSSR count). The van der Waals surface area contributed by atoms with Gasteiger partial charge in [0.15, 0.2) is 0 Å². The SMILES string of the molecule is CCOc1cccc(NC(=O)C[C@H]2C(=O)N(c3ccc(Cl)cc3)C(=S)N2NC(=O)c2ccncc2)c1. The topological polar surface area (TPSA) is 104 Å². The first-order valence-electron chi connectivity index (χ1n) is 11.0. The van der Waals surface area contributed by atoms with E-state index in [0.717, 1.165) is 0 Å². The number of carbonyl (C=O) groups excluding carboxylic acids is 3. The third-order valence-corrected chi connectivity index (χ3v) is 5.90. The van der Waals surface area contributed by atoms with Crippen molar-refractivity contribution >= 4 is 58.0 Å². The number of hydrazine groups is 1. The van der Waals surface area contributed by atoms with Crippen molar-refractivity contribution in [2.24, 2.45) is 0 Å². The van der Waals surface area contributed by atoms with Crippen LogP contribution in [0.4, 0.5) is 11.4 Å². The molecule has 0 bridgehead atoms. The summed E-state index contributed by atoms with van der Waals surface area (Å²) >= 11 is 11.5. The second-order valence-corrected chi connectivity index (χ2v) is 8.51. The number of rotatable bonds is 8. The third kappa shape index (κ3) is 5.61. The molecule has 36 heavy (non-hydrogen) atoms. The number of nitrogens with one attached hydrogen (secondary N) is 2. The van der Waals surface area contributed by atoms with Crippen molar-refractivity contribution in [3.8, 4) is 5.75 Å². The lowest BCUT2D eigenvalue weighted by atomic mass is 10.1. The summed E-state index contributed by atoms with van der Waals surface area (Å²) < 4.78 is 5.47. The molecule has 0 radical (unpaired) electrons. The van der Waals surface area contributed by atoms with Gasteiger partial charge in [-0.15, -0.1) is 0 Å². The molecule has 1 aliphatic heterocycles. The number of hydrogen-bond acceptors (Lipinski definition) is 6. The molecule has 1 saturated heterocycles. The minimum absolute atomic E-state index is 0.0286. The smallest absolute Gasteiger partial charge is 0.269 e. The van der Waals surface area contributed by atoms with Gasteiger partial charge in [0.1, 0.15) is 11.8 Å². The van der Waals surface area contributed by atoms with Gasteiger partial charge < -0.3 is 10.1 Å². The number of hydrogen-bond donors (Lipinski definition) is 2. The molecular weight excluding hydrogens is 502 g/mol. The summed E-state index contributed by atoms with van der Waals surface area (Å²) in [7, 11) is 0. The summed E-state index contributed by atoms with van der Waals surface area (Å²) in [6.07, 6.45) is 2.69. The second kappa shape index (κ2) is 11.1. The number of amides is 3. The molecule has 1 aliphatic rings. The number of nitrogens with zero attached hydrogens (tertiary/aromatic N) is 3. The molecule has 0 unspecified atom stereocenters. The van der Waals surface area contributed by atoms with Crippen LogP contribution in [0.5, 0.6) is 5.75 Å². The number of aromatic nitrogens is 1.